The average Bonchev–Trinajstić information content (AvgIpc) is 2.95. The quantitative estimate of drug-likeness (QED) is 0.317. The first-order valence-corrected chi connectivity index (χ1v) is 12.5. The summed E-state index contributed by atoms with van der Waals surface area (Å²) in [6.07, 6.45) is 4.10. The van der Waals surface area contributed by atoms with Crippen molar-refractivity contribution in [3.05, 3.63) is 41.9 Å². The Kier molecular flexibility index (Phi) is 5.73. The fraction of sp³-hybridized carbons (Fsp3) is 0.550. The monoisotopic (exact) mass is 361 g/mol. The van der Waals surface area contributed by atoms with Gasteiger partial charge in [0.25, 0.3) is 0 Å². The number of rotatable bonds is 7. The van der Waals surface area contributed by atoms with Gasteiger partial charge in [0, 0.05) is 12.0 Å². The zero-order chi connectivity index (χ0) is 18.0. The number of allylic oxidation sites excluding steroid dienone is 1. The van der Waals surface area contributed by atoms with E-state index in [0.29, 0.717) is 0 Å². The smallest absolute Gasteiger partial charge is 0.191 e. The maximum absolute atomic E-state index is 6.32. The SMILES string of the molecule is C=C[C@@](C)(CCCO[Si](C)(C)C(C)(C)C)c1nc2ccccc2s1. The summed E-state index contributed by atoms with van der Waals surface area (Å²) in [5, 5.41) is 1.42. The Labute approximate surface area is 152 Å². The second-order valence-electron chi connectivity index (χ2n) is 8.32. The van der Waals surface area contributed by atoms with E-state index in [1.165, 1.54) is 4.70 Å². The molecule has 0 fully saturated rings. The van der Waals surface area contributed by atoms with Gasteiger partial charge in [-0.1, -0.05) is 39.0 Å². The molecule has 132 valence electrons. The molecule has 1 atom stereocenters. The number of fused-ring (bicyclic) bond motifs is 1. The number of hydrogen-bond acceptors (Lipinski definition) is 3. The second kappa shape index (κ2) is 7.10. The van der Waals surface area contributed by atoms with E-state index in [-0.39, 0.29) is 10.5 Å². The highest BCUT2D eigenvalue weighted by Gasteiger charge is 2.37. The van der Waals surface area contributed by atoms with Crippen LogP contribution >= 0.6 is 11.3 Å². The van der Waals surface area contributed by atoms with Crippen LogP contribution in [0.4, 0.5) is 0 Å². The minimum atomic E-state index is -1.66. The van der Waals surface area contributed by atoms with Crippen LogP contribution in [0.1, 0.15) is 45.5 Å². The predicted octanol–water partition coefficient (Wildman–Crippen LogP) is 6.54. The van der Waals surface area contributed by atoms with Crippen molar-refractivity contribution in [3.63, 3.8) is 0 Å². The van der Waals surface area contributed by atoms with Gasteiger partial charge < -0.3 is 4.43 Å². The van der Waals surface area contributed by atoms with E-state index in [1.807, 2.05) is 6.07 Å². The molecule has 2 rings (SSSR count). The van der Waals surface area contributed by atoms with Crippen LogP contribution in [0.25, 0.3) is 10.2 Å². The van der Waals surface area contributed by atoms with Gasteiger partial charge in [-0.15, -0.1) is 17.9 Å². The molecule has 1 heterocycles. The van der Waals surface area contributed by atoms with E-state index in [9.17, 15) is 0 Å². The molecule has 1 aromatic carbocycles. The number of benzene rings is 1. The maximum atomic E-state index is 6.32. The van der Waals surface area contributed by atoms with Gasteiger partial charge in [0.2, 0.25) is 0 Å². The van der Waals surface area contributed by atoms with E-state index < -0.39 is 8.32 Å². The molecule has 0 spiro atoms. The first kappa shape index (κ1) is 19.4. The molecule has 2 nitrogen and oxygen atoms in total. The maximum Gasteiger partial charge on any atom is 0.191 e. The summed E-state index contributed by atoms with van der Waals surface area (Å²) in [7, 11) is -1.66. The third-order valence-corrected chi connectivity index (χ3v) is 11.2. The zero-order valence-electron chi connectivity index (χ0n) is 16.0. The lowest BCUT2D eigenvalue weighted by Gasteiger charge is -2.36. The first-order chi connectivity index (χ1) is 11.1. The van der Waals surface area contributed by atoms with Gasteiger partial charge in [0.1, 0.15) is 5.01 Å². The first-order valence-electron chi connectivity index (χ1n) is 8.73. The summed E-state index contributed by atoms with van der Waals surface area (Å²) in [4.78, 5) is 4.84. The Morgan fingerprint density at radius 3 is 2.46 bits per heavy atom. The lowest BCUT2D eigenvalue weighted by molar-refractivity contribution is 0.269. The summed E-state index contributed by atoms with van der Waals surface area (Å²) < 4.78 is 7.56. The fourth-order valence-corrected chi connectivity index (χ4v) is 4.62. The van der Waals surface area contributed by atoms with Gasteiger partial charge in [-0.05, 0) is 50.0 Å². The molecule has 0 bridgehead atoms. The van der Waals surface area contributed by atoms with Crippen molar-refractivity contribution in [1.82, 2.24) is 4.98 Å². The number of aromatic nitrogens is 1. The molecule has 0 aliphatic rings. The molecule has 24 heavy (non-hydrogen) atoms. The largest absolute Gasteiger partial charge is 0.417 e. The Morgan fingerprint density at radius 1 is 1.21 bits per heavy atom. The van der Waals surface area contributed by atoms with Crippen LogP contribution in [0.15, 0.2) is 36.9 Å². The molecular weight excluding hydrogens is 330 g/mol. The molecule has 0 unspecified atom stereocenters. The van der Waals surface area contributed by atoms with Gasteiger partial charge in [-0.2, -0.15) is 0 Å². The highest BCUT2D eigenvalue weighted by atomic mass is 32.1. The Morgan fingerprint density at radius 2 is 1.88 bits per heavy atom. The van der Waals surface area contributed by atoms with Crippen molar-refractivity contribution in [3.8, 4) is 0 Å². The lowest BCUT2D eigenvalue weighted by Crippen LogP contribution is -2.41. The Hall–Kier alpha value is -0.973. The van der Waals surface area contributed by atoms with Gasteiger partial charge in [-0.25, -0.2) is 4.98 Å². The van der Waals surface area contributed by atoms with Crippen LogP contribution in [-0.4, -0.2) is 19.9 Å². The van der Waals surface area contributed by atoms with Gasteiger partial charge >= 0.3 is 0 Å². The average molecular weight is 362 g/mol. The van der Waals surface area contributed by atoms with Crippen LogP contribution in [0.2, 0.25) is 18.1 Å². The number of para-hydroxylation sites is 1. The molecule has 0 amide bonds. The summed E-state index contributed by atoms with van der Waals surface area (Å²) in [6, 6.07) is 8.34. The van der Waals surface area contributed by atoms with Crippen LogP contribution in [0, 0.1) is 0 Å². The Balaban J connectivity index is 2.02. The van der Waals surface area contributed by atoms with Crippen molar-refractivity contribution in [2.45, 2.75) is 64.1 Å². The summed E-state index contributed by atoms with van der Waals surface area (Å²) >= 11 is 1.78. The van der Waals surface area contributed by atoms with E-state index in [0.717, 1.165) is 30.0 Å². The molecule has 4 heteroatoms. The third-order valence-electron chi connectivity index (χ3n) is 5.34. The van der Waals surface area contributed by atoms with Crippen LogP contribution in [-0.2, 0) is 9.84 Å². The van der Waals surface area contributed by atoms with Gasteiger partial charge in [0.05, 0.1) is 10.2 Å². The summed E-state index contributed by atoms with van der Waals surface area (Å²) in [5.74, 6) is 0. The van der Waals surface area contributed by atoms with E-state index >= 15 is 0 Å². The molecule has 0 aliphatic carbocycles. The molecule has 0 aliphatic heterocycles. The van der Waals surface area contributed by atoms with E-state index in [1.54, 1.807) is 11.3 Å². The van der Waals surface area contributed by atoms with E-state index in [4.69, 9.17) is 9.41 Å². The van der Waals surface area contributed by atoms with Crippen molar-refractivity contribution >= 4 is 29.9 Å². The van der Waals surface area contributed by atoms with Crippen LogP contribution in [0.5, 0.6) is 0 Å². The molecule has 0 saturated carbocycles. The molecule has 2 aromatic rings. The molecule has 1 aromatic heterocycles. The fourth-order valence-electron chi connectivity index (χ4n) is 2.40. The standard InChI is InChI=1S/C20H31NOSSi/c1-8-20(5,14-11-15-22-24(6,7)19(2,3)4)18-21-16-12-9-10-13-17(16)23-18/h8-10,12-13H,1,11,14-15H2,2-7H3/t20-/m0/s1. The third kappa shape index (κ3) is 4.16. The van der Waals surface area contributed by atoms with Crippen molar-refractivity contribution < 1.29 is 4.43 Å². The summed E-state index contributed by atoms with van der Waals surface area (Å²) in [5.41, 5.74) is 1.00. The number of nitrogens with zero attached hydrogens (tertiary/aromatic N) is 1. The molecule has 0 N–H and O–H groups in total. The molecular formula is C20H31NOSSi. The van der Waals surface area contributed by atoms with Crippen molar-refractivity contribution in [2.24, 2.45) is 0 Å². The molecule has 0 saturated heterocycles. The number of hydrogen-bond donors (Lipinski definition) is 0. The minimum absolute atomic E-state index is 0.0829. The minimum Gasteiger partial charge on any atom is -0.417 e. The van der Waals surface area contributed by atoms with Crippen LogP contribution < -0.4 is 0 Å². The molecule has 0 radical (unpaired) electrons. The Bertz CT molecular complexity index is 668. The van der Waals surface area contributed by atoms with Crippen molar-refractivity contribution in [1.29, 1.82) is 0 Å². The zero-order valence-corrected chi connectivity index (χ0v) is 17.8. The van der Waals surface area contributed by atoms with E-state index in [2.05, 4.69) is 71.6 Å². The normalized spacial score (nSPS) is 15.4. The second-order valence-corrected chi connectivity index (χ2v) is 14.2. The highest BCUT2D eigenvalue weighted by molar-refractivity contribution is 7.18. The lowest BCUT2D eigenvalue weighted by atomic mass is 9.86. The number of thiazole rings is 1. The summed E-state index contributed by atoms with van der Waals surface area (Å²) in [6.45, 7) is 18.6. The van der Waals surface area contributed by atoms with Crippen molar-refractivity contribution in [2.75, 3.05) is 6.61 Å². The highest BCUT2D eigenvalue weighted by Crippen LogP contribution is 2.38. The van der Waals surface area contributed by atoms with Gasteiger partial charge in [0.15, 0.2) is 8.32 Å². The van der Waals surface area contributed by atoms with Gasteiger partial charge in [-0.3, -0.25) is 0 Å². The topological polar surface area (TPSA) is 22.1 Å². The van der Waals surface area contributed by atoms with Crippen LogP contribution in [0.3, 0.4) is 0 Å². The predicted molar refractivity (Wildman–Crippen MR) is 110 cm³/mol.